The monoisotopic (exact) mass is 253 g/mol. The molecule has 0 N–H and O–H groups in total. The van der Waals surface area contributed by atoms with Crippen LogP contribution in [-0.2, 0) is 4.74 Å². The molecule has 0 saturated carbocycles. The number of nitrogens with zero attached hydrogens (tertiary/aromatic N) is 1. The molecule has 1 aromatic heterocycles. The molecule has 0 fully saturated rings. The van der Waals surface area contributed by atoms with Gasteiger partial charge in [-0.2, -0.15) is 0 Å². The summed E-state index contributed by atoms with van der Waals surface area (Å²) in [4.78, 5) is 13.4. The molecule has 0 aliphatic heterocycles. The second-order valence-corrected chi connectivity index (χ2v) is 4.35. The highest BCUT2D eigenvalue weighted by Gasteiger charge is 2.19. The number of hydrogen-bond acceptors (Lipinski definition) is 4. The van der Waals surface area contributed by atoms with E-state index in [9.17, 15) is 4.79 Å². The van der Waals surface area contributed by atoms with Gasteiger partial charge in [0.05, 0.1) is 6.61 Å². The van der Waals surface area contributed by atoms with Crippen LogP contribution in [0.3, 0.4) is 0 Å². The van der Waals surface area contributed by atoms with Gasteiger partial charge in [0, 0.05) is 32.7 Å². The van der Waals surface area contributed by atoms with Gasteiger partial charge in [0.15, 0.2) is 17.4 Å². The van der Waals surface area contributed by atoms with Crippen LogP contribution in [0.25, 0.3) is 0 Å². The zero-order valence-electron chi connectivity index (χ0n) is 11.7. The molecule has 0 amide bonds. The van der Waals surface area contributed by atoms with Crippen molar-refractivity contribution in [1.82, 2.24) is 0 Å². The Hall–Kier alpha value is -1.29. The molecule has 0 radical (unpaired) electrons. The minimum atomic E-state index is -0.0440. The maximum Gasteiger partial charge on any atom is 0.196 e. The zero-order valence-corrected chi connectivity index (χ0v) is 11.7. The van der Waals surface area contributed by atoms with Crippen molar-refractivity contribution in [3.8, 4) is 0 Å². The lowest BCUT2D eigenvalue weighted by Crippen LogP contribution is -2.36. The fraction of sp³-hybridized carbons (Fsp3) is 0.643. The van der Waals surface area contributed by atoms with E-state index in [0.29, 0.717) is 18.4 Å². The van der Waals surface area contributed by atoms with Crippen molar-refractivity contribution in [2.45, 2.75) is 39.7 Å². The van der Waals surface area contributed by atoms with E-state index in [1.807, 2.05) is 6.07 Å². The van der Waals surface area contributed by atoms with Gasteiger partial charge in [-0.1, -0.05) is 13.8 Å². The SMILES string of the molecule is CCC(CC)N(CCOC)c1ccc(C(C)=O)o1. The molecule has 1 rings (SSSR count). The smallest absolute Gasteiger partial charge is 0.196 e. The highest BCUT2D eigenvalue weighted by atomic mass is 16.5. The van der Waals surface area contributed by atoms with Crippen LogP contribution in [0.15, 0.2) is 16.5 Å². The number of carbonyl (C=O) groups is 1. The topological polar surface area (TPSA) is 42.7 Å². The Morgan fingerprint density at radius 1 is 1.39 bits per heavy atom. The molecule has 0 bridgehead atoms. The number of furan rings is 1. The summed E-state index contributed by atoms with van der Waals surface area (Å²) in [6.07, 6.45) is 2.08. The third-order valence-corrected chi connectivity index (χ3v) is 3.14. The first-order valence-corrected chi connectivity index (χ1v) is 6.50. The molecule has 18 heavy (non-hydrogen) atoms. The van der Waals surface area contributed by atoms with Crippen LogP contribution >= 0.6 is 0 Å². The van der Waals surface area contributed by atoms with Crippen molar-refractivity contribution in [2.75, 3.05) is 25.2 Å². The third kappa shape index (κ3) is 3.60. The van der Waals surface area contributed by atoms with Gasteiger partial charge in [-0.3, -0.25) is 4.79 Å². The second kappa shape index (κ2) is 7.21. The maximum atomic E-state index is 11.3. The first-order valence-electron chi connectivity index (χ1n) is 6.50. The Labute approximate surface area is 109 Å². The Kier molecular flexibility index (Phi) is 5.92. The van der Waals surface area contributed by atoms with E-state index >= 15 is 0 Å². The molecule has 0 aliphatic rings. The third-order valence-electron chi connectivity index (χ3n) is 3.14. The number of Topliss-reactive ketones (excluding diaryl/α,β-unsaturated/α-hetero) is 1. The summed E-state index contributed by atoms with van der Waals surface area (Å²) in [7, 11) is 1.69. The fourth-order valence-electron chi connectivity index (χ4n) is 2.06. The van der Waals surface area contributed by atoms with Gasteiger partial charge in [-0.25, -0.2) is 0 Å². The Morgan fingerprint density at radius 2 is 2.06 bits per heavy atom. The summed E-state index contributed by atoms with van der Waals surface area (Å²) in [5, 5.41) is 0. The lowest BCUT2D eigenvalue weighted by molar-refractivity contribution is 0.0987. The molecule has 1 aromatic rings. The Morgan fingerprint density at radius 3 is 2.50 bits per heavy atom. The number of ketones is 1. The molecule has 0 atom stereocenters. The number of rotatable bonds is 8. The van der Waals surface area contributed by atoms with E-state index in [1.54, 1.807) is 13.2 Å². The summed E-state index contributed by atoms with van der Waals surface area (Å²) >= 11 is 0. The van der Waals surface area contributed by atoms with Crippen molar-refractivity contribution in [3.05, 3.63) is 17.9 Å². The van der Waals surface area contributed by atoms with E-state index in [2.05, 4.69) is 18.7 Å². The molecule has 0 saturated heterocycles. The Bertz CT molecular complexity index is 369. The number of anilines is 1. The molecule has 0 spiro atoms. The second-order valence-electron chi connectivity index (χ2n) is 4.35. The lowest BCUT2D eigenvalue weighted by Gasteiger charge is -2.30. The van der Waals surface area contributed by atoms with Gasteiger partial charge in [-0.15, -0.1) is 0 Å². The van der Waals surface area contributed by atoms with Gasteiger partial charge < -0.3 is 14.1 Å². The van der Waals surface area contributed by atoms with Gasteiger partial charge in [0.2, 0.25) is 0 Å². The summed E-state index contributed by atoms with van der Waals surface area (Å²) in [5.74, 6) is 1.13. The number of hydrogen-bond donors (Lipinski definition) is 0. The summed E-state index contributed by atoms with van der Waals surface area (Å²) in [5.41, 5.74) is 0. The first kappa shape index (κ1) is 14.8. The van der Waals surface area contributed by atoms with E-state index in [-0.39, 0.29) is 5.78 Å². The van der Waals surface area contributed by atoms with E-state index in [0.717, 1.165) is 25.3 Å². The Balaban J connectivity index is 2.89. The normalized spacial score (nSPS) is 10.9. The van der Waals surface area contributed by atoms with Crippen LogP contribution in [-0.4, -0.2) is 32.1 Å². The van der Waals surface area contributed by atoms with Crippen molar-refractivity contribution in [1.29, 1.82) is 0 Å². The highest BCUT2D eigenvalue weighted by Crippen LogP contribution is 2.23. The van der Waals surface area contributed by atoms with Crippen molar-refractivity contribution in [2.24, 2.45) is 0 Å². The molecule has 0 aliphatic carbocycles. The fourth-order valence-corrected chi connectivity index (χ4v) is 2.06. The predicted molar refractivity (Wildman–Crippen MR) is 72.3 cm³/mol. The van der Waals surface area contributed by atoms with Crippen LogP contribution in [0.5, 0.6) is 0 Å². The van der Waals surface area contributed by atoms with E-state index in [1.165, 1.54) is 6.92 Å². The molecule has 4 nitrogen and oxygen atoms in total. The summed E-state index contributed by atoms with van der Waals surface area (Å²) in [6, 6.07) is 4.01. The molecule has 102 valence electrons. The standard InChI is InChI=1S/C14H23NO3/c1-5-12(6-2)15(9-10-17-4)14-8-7-13(18-14)11(3)16/h7-8,12H,5-6,9-10H2,1-4H3. The van der Waals surface area contributed by atoms with Gasteiger partial charge in [-0.05, 0) is 18.9 Å². The van der Waals surface area contributed by atoms with Crippen molar-refractivity contribution < 1.29 is 13.9 Å². The van der Waals surface area contributed by atoms with Crippen molar-refractivity contribution in [3.63, 3.8) is 0 Å². The molecule has 4 heteroatoms. The minimum Gasteiger partial charge on any atom is -0.437 e. The largest absolute Gasteiger partial charge is 0.437 e. The average molecular weight is 253 g/mol. The number of ether oxygens (including phenoxy) is 1. The predicted octanol–water partition coefficient (Wildman–Crippen LogP) is 3.12. The number of carbonyl (C=O) groups excluding carboxylic acids is 1. The van der Waals surface area contributed by atoms with Crippen LogP contribution in [0.4, 0.5) is 5.88 Å². The minimum absolute atomic E-state index is 0.0440. The summed E-state index contributed by atoms with van der Waals surface area (Å²) < 4.78 is 10.7. The van der Waals surface area contributed by atoms with Gasteiger partial charge in [0.1, 0.15) is 0 Å². The zero-order chi connectivity index (χ0) is 13.5. The van der Waals surface area contributed by atoms with Gasteiger partial charge >= 0.3 is 0 Å². The van der Waals surface area contributed by atoms with Crippen LogP contribution in [0.1, 0.15) is 44.2 Å². The van der Waals surface area contributed by atoms with E-state index < -0.39 is 0 Å². The first-order chi connectivity index (χ1) is 8.63. The van der Waals surface area contributed by atoms with Crippen LogP contribution in [0.2, 0.25) is 0 Å². The van der Waals surface area contributed by atoms with E-state index in [4.69, 9.17) is 9.15 Å². The molecular formula is C14H23NO3. The highest BCUT2D eigenvalue weighted by molar-refractivity contribution is 5.91. The maximum absolute atomic E-state index is 11.3. The molecular weight excluding hydrogens is 230 g/mol. The molecule has 0 unspecified atom stereocenters. The quantitative estimate of drug-likeness (QED) is 0.668. The molecule has 1 heterocycles. The number of methoxy groups -OCH3 is 1. The summed E-state index contributed by atoms with van der Waals surface area (Å²) in [6.45, 7) is 7.24. The average Bonchev–Trinajstić information content (AvgIpc) is 2.84. The van der Waals surface area contributed by atoms with Crippen LogP contribution < -0.4 is 4.90 Å². The van der Waals surface area contributed by atoms with Gasteiger partial charge in [0.25, 0.3) is 0 Å². The molecule has 0 aromatic carbocycles. The van der Waals surface area contributed by atoms with Crippen LogP contribution in [0, 0.1) is 0 Å². The van der Waals surface area contributed by atoms with Crippen molar-refractivity contribution >= 4 is 11.7 Å². The lowest BCUT2D eigenvalue weighted by atomic mass is 10.1.